The highest BCUT2D eigenvalue weighted by Gasteiger charge is 2.26. The third kappa shape index (κ3) is 5.42. The Bertz CT molecular complexity index is 1110. The number of anilines is 1. The lowest BCUT2D eigenvalue weighted by molar-refractivity contribution is -0.136. The maximum absolute atomic E-state index is 12.8. The van der Waals surface area contributed by atoms with E-state index in [1.165, 1.54) is 5.56 Å². The van der Waals surface area contributed by atoms with Gasteiger partial charge in [-0.05, 0) is 54.5 Å². The quantitative estimate of drug-likeness (QED) is 0.575. The summed E-state index contributed by atoms with van der Waals surface area (Å²) < 4.78 is 5.69. The van der Waals surface area contributed by atoms with Crippen LogP contribution in [0.5, 0.6) is 0 Å². The monoisotopic (exact) mass is 447 g/mol. The van der Waals surface area contributed by atoms with Gasteiger partial charge in [0.25, 0.3) is 5.91 Å². The van der Waals surface area contributed by atoms with Crippen LogP contribution in [-0.4, -0.2) is 42.3 Å². The Labute approximate surface area is 193 Å². The van der Waals surface area contributed by atoms with E-state index in [2.05, 4.69) is 24.5 Å². The molecule has 2 aromatic carbocycles. The lowest BCUT2D eigenvalue weighted by atomic mass is 9.96. The fourth-order valence-electron chi connectivity index (χ4n) is 4.04. The topological polar surface area (TPSA) is 91.7 Å². The van der Waals surface area contributed by atoms with Gasteiger partial charge >= 0.3 is 11.8 Å². The van der Waals surface area contributed by atoms with Crippen molar-refractivity contribution < 1.29 is 18.8 Å². The van der Waals surface area contributed by atoms with E-state index in [-0.39, 0.29) is 11.8 Å². The van der Waals surface area contributed by atoms with E-state index >= 15 is 0 Å². The van der Waals surface area contributed by atoms with Crippen molar-refractivity contribution in [2.45, 2.75) is 32.6 Å². The Morgan fingerprint density at radius 2 is 1.70 bits per heavy atom. The lowest BCUT2D eigenvalue weighted by Crippen LogP contribution is -2.43. The summed E-state index contributed by atoms with van der Waals surface area (Å²) in [6.07, 6.45) is 1.51. The fraction of sp³-hybridized carbons (Fsp3) is 0.346. The largest absolute Gasteiger partial charge is 0.451 e. The molecular weight excluding hydrogens is 418 g/mol. The first-order chi connectivity index (χ1) is 15.9. The average molecular weight is 448 g/mol. The first-order valence-corrected chi connectivity index (χ1v) is 11.4. The van der Waals surface area contributed by atoms with Crippen molar-refractivity contribution in [2.75, 3.05) is 25.0 Å². The number of para-hydroxylation sites is 1. The summed E-state index contributed by atoms with van der Waals surface area (Å²) >= 11 is 0. The molecule has 0 unspecified atom stereocenters. The molecule has 1 fully saturated rings. The summed E-state index contributed by atoms with van der Waals surface area (Å²) in [5, 5.41) is 6.26. The van der Waals surface area contributed by atoms with Crippen molar-refractivity contribution in [3.05, 3.63) is 65.9 Å². The molecule has 0 saturated carbocycles. The number of benzene rings is 2. The number of piperidine rings is 1. The van der Waals surface area contributed by atoms with E-state index in [1.54, 1.807) is 23.1 Å². The van der Waals surface area contributed by atoms with Crippen molar-refractivity contribution >= 4 is 34.4 Å². The second-order valence-electron chi connectivity index (χ2n) is 8.82. The van der Waals surface area contributed by atoms with Gasteiger partial charge in [-0.25, -0.2) is 0 Å². The number of likely N-dealkylation sites (tertiary alicyclic amines) is 1. The lowest BCUT2D eigenvalue weighted by Gasteiger charge is -2.31. The molecule has 2 N–H and O–H groups in total. The molecule has 172 valence electrons. The molecular formula is C26H29N3O4. The number of carbonyl (C=O) groups excluding carboxylic acids is 3. The molecule has 3 aromatic rings. The molecule has 0 spiro atoms. The van der Waals surface area contributed by atoms with Gasteiger partial charge in [0.05, 0.1) is 0 Å². The molecule has 3 amide bonds. The van der Waals surface area contributed by atoms with Crippen LogP contribution < -0.4 is 10.6 Å². The normalized spacial score (nSPS) is 14.5. The third-order valence-corrected chi connectivity index (χ3v) is 6.13. The number of fused-ring (bicyclic) bond motifs is 1. The number of amides is 3. The summed E-state index contributed by atoms with van der Waals surface area (Å²) in [4.78, 5) is 39.0. The van der Waals surface area contributed by atoms with Gasteiger partial charge in [-0.3, -0.25) is 14.4 Å². The first kappa shape index (κ1) is 22.6. The molecule has 1 aliphatic heterocycles. The van der Waals surface area contributed by atoms with Crippen molar-refractivity contribution in [3.8, 4) is 0 Å². The number of nitrogens with zero attached hydrogens (tertiary/aromatic N) is 1. The molecule has 0 atom stereocenters. The van der Waals surface area contributed by atoms with Crippen LogP contribution in [0.25, 0.3) is 11.0 Å². The molecule has 0 radical (unpaired) electrons. The number of hydrogen-bond acceptors (Lipinski definition) is 4. The average Bonchev–Trinajstić information content (AvgIpc) is 3.27. The first-order valence-electron chi connectivity index (χ1n) is 11.4. The van der Waals surface area contributed by atoms with E-state index in [1.807, 2.05) is 36.4 Å². The highest BCUT2D eigenvalue weighted by atomic mass is 16.3. The highest BCUT2D eigenvalue weighted by molar-refractivity contribution is 6.39. The predicted octanol–water partition coefficient (Wildman–Crippen LogP) is 4.16. The van der Waals surface area contributed by atoms with Crippen molar-refractivity contribution in [3.63, 3.8) is 0 Å². The van der Waals surface area contributed by atoms with Crippen molar-refractivity contribution in [1.29, 1.82) is 0 Å². The van der Waals surface area contributed by atoms with E-state index < -0.39 is 11.8 Å². The van der Waals surface area contributed by atoms with Gasteiger partial charge in [-0.15, -0.1) is 0 Å². The Morgan fingerprint density at radius 1 is 1.00 bits per heavy atom. The number of carbonyl (C=O) groups is 3. The molecule has 0 bridgehead atoms. The fourth-order valence-corrected chi connectivity index (χ4v) is 4.04. The van der Waals surface area contributed by atoms with Crippen LogP contribution >= 0.6 is 0 Å². The summed E-state index contributed by atoms with van der Waals surface area (Å²) in [5.74, 6) is -0.476. The van der Waals surface area contributed by atoms with Gasteiger partial charge < -0.3 is 20.0 Å². The molecule has 2 heterocycles. The minimum atomic E-state index is -0.676. The maximum Gasteiger partial charge on any atom is 0.313 e. The summed E-state index contributed by atoms with van der Waals surface area (Å²) in [6.45, 7) is 5.78. The number of nitrogens with one attached hydrogen (secondary N) is 2. The zero-order valence-electron chi connectivity index (χ0n) is 19.0. The zero-order valence-corrected chi connectivity index (χ0v) is 19.0. The third-order valence-electron chi connectivity index (χ3n) is 6.13. The zero-order chi connectivity index (χ0) is 23.4. The Kier molecular flexibility index (Phi) is 6.77. The van der Waals surface area contributed by atoms with Crippen LogP contribution in [0.15, 0.2) is 59.0 Å². The number of hydrogen-bond donors (Lipinski definition) is 2. The molecule has 1 aromatic heterocycles. The molecule has 1 aliphatic rings. The molecule has 7 nitrogen and oxygen atoms in total. The van der Waals surface area contributed by atoms with Crippen LogP contribution in [0, 0.1) is 5.92 Å². The van der Waals surface area contributed by atoms with Gasteiger partial charge in [-0.2, -0.15) is 0 Å². The van der Waals surface area contributed by atoms with Crippen LogP contribution in [0.2, 0.25) is 0 Å². The predicted molar refractivity (Wildman–Crippen MR) is 127 cm³/mol. The SMILES string of the molecule is CC(C)c1ccc(NC(=O)C(=O)NCC2CCN(C(=O)c3cc4ccccc4o3)CC2)cc1. The summed E-state index contributed by atoms with van der Waals surface area (Å²) in [6, 6.07) is 16.8. The van der Waals surface area contributed by atoms with E-state index in [4.69, 9.17) is 4.42 Å². The molecule has 0 aliphatic carbocycles. The Balaban J connectivity index is 1.22. The van der Waals surface area contributed by atoms with Crippen molar-refractivity contribution in [1.82, 2.24) is 10.2 Å². The van der Waals surface area contributed by atoms with Crippen LogP contribution in [0.4, 0.5) is 5.69 Å². The van der Waals surface area contributed by atoms with Crippen LogP contribution in [0.1, 0.15) is 48.7 Å². The molecule has 1 saturated heterocycles. The molecule has 7 heteroatoms. The van der Waals surface area contributed by atoms with Crippen LogP contribution in [0.3, 0.4) is 0 Å². The minimum absolute atomic E-state index is 0.114. The Hall–Kier alpha value is -3.61. The smallest absolute Gasteiger partial charge is 0.313 e. The van der Waals surface area contributed by atoms with Crippen molar-refractivity contribution in [2.24, 2.45) is 5.92 Å². The standard InChI is InChI=1S/C26H29N3O4/c1-17(2)19-7-9-21(10-8-19)28-25(31)24(30)27-16-18-11-13-29(14-12-18)26(32)23-15-20-5-3-4-6-22(20)33-23/h3-10,15,17-18H,11-14,16H2,1-2H3,(H,27,30)(H,28,31). The maximum atomic E-state index is 12.8. The second-order valence-corrected chi connectivity index (χ2v) is 8.82. The summed E-state index contributed by atoms with van der Waals surface area (Å²) in [5.41, 5.74) is 2.46. The molecule has 33 heavy (non-hydrogen) atoms. The minimum Gasteiger partial charge on any atom is -0.451 e. The Morgan fingerprint density at radius 3 is 2.36 bits per heavy atom. The highest BCUT2D eigenvalue weighted by Crippen LogP contribution is 2.23. The van der Waals surface area contributed by atoms with Gasteiger partial charge in [0.1, 0.15) is 5.58 Å². The number of furan rings is 1. The molecule has 4 rings (SSSR count). The second kappa shape index (κ2) is 9.90. The summed E-state index contributed by atoms with van der Waals surface area (Å²) in [7, 11) is 0. The van der Waals surface area contributed by atoms with Gasteiger partial charge in [0, 0.05) is 30.7 Å². The van der Waals surface area contributed by atoms with Gasteiger partial charge in [0.2, 0.25) is 0 Å². The van der Waals surface area contributed by atoms with E-state index in [9.17, 15) is 14.4 Å². The van der Waals surface area contributed by atoms with Gasteiger partial charge in [0.15, 0.2) is 5.76 Å². The van der Waals surface area contributed by atoms with Crippen LogP contribution in [-0.2, 0) is 9.59 Å². The van der Waals surface area contributed by atoms with E-state index in [0.29, 0.717) is 42.6 Å². The number of rotatable bonds is 5. The van der Waals surface area contributed by atoms with E-state index in [0.717, 1.165) is 18.2 Å². The van der Waals surface area contributed by atoms with Gasteiger partial charge in [-0.1, -0.05) is 44.2 Å².